The van der Waals surface area contributed by atoms with E-state index in [1.54, 1.807) is 0 Å². The number of nitrogens with zero attached hydrogens (tertiary/aromatic N) is 4. The Kier molecular flexibility index (Phi) is 3.28. The third-order valence-corrected chi connectivity index (χ3v) is 3.98. The van der Waals surface area contributed by atoms with E-state index in [1.165, 1.54) is 18.3 Å². The topological polar surface area (TPSA) is 101 Å². The number of rotatable bonds is 2. The molecule has 0 aliphatic carbocycles. The van der Waals surface area contributed by atoms with Gasteiger partial charge < -0.3 is 4.74 Å². The van der Waals surface area contributed by atoms with E-state index in [9.17, 15) is 9.59 Å². The van der Waals surface area contributed by atoms with Crippen LogP contribution in [0.15, 0.2) is 6.33 Å². The maximum absolute atomic E-state index is 12.1. The molecule has 1 aliphatic rings. The Morgan fingerprint density at radius 1 is 1.55 bits per heavy atom. The van der Waals surface area contributed by atoms with Gasteiger partial charge in [0.1, 0.15) is 10.0 Å². The SMILES string of the molecule is COC(=O)C1CC(=O)N(c2ncnc3n[nH]c(I)c23)C1. The molecule has 20 heavy (non-hydrogen) atoms. The van der Waals surface area contributed by atoms with Gasteiger partial charge in [0.2, 0.25) is 5.91 Å². The fourth-order valence-corrected chi connectivity index (χ4v) is 2.85. The Morgan fingerprint density at radius 3 is 3.10 bits per heavy atom. The number of esters is 1. The van der Waals surface area contributed by atoms with Crippen molar-refractivity contribution in [3.05, 3.63) is 10.0 Å². The van der Waals surface area contributed by atoms with Gasteiger partial charge in [0, 0.05) is 13.0 Å². The van der Waals surface area contributed by atoms with E-state index < -0.39 is 5.92 Å². The molecule has 1 atom stereocenters. The molecule has 0 radical (unpaired) electrons. The number of hydrogen-bond donors (Lipinski definition) is 1. The monoisotopic (exact) mass is 387 g/mol. The predicted molar refractivity (Wildman–Crippen MR) is 76.9 cm³/mol. The number of methoxy groups -OCH3 is 1. The molecule has 1 amide bonds. The maximum atomic E-state index is 12.1. The van der Waals surface area contributed by atoms with E-state index in [0.717, 1.165) is 3.70 Å². The second-order valence-corrected chi connectivity index (χ2v) is 5.44. The minimum Gasteiger partial charge on any atom is -0.469 e. The lowest BCUT2D eigenvalue weighted by atomic mass is 10.1. The van der Waals surface area contributed by atoms with Crippen LogP contribution in [-0.2, 0) is 14.3 Å². The van der Waals surface area contributed by atoms with Crippen molar-refractivity contribution in [3.63, 3.8) is 0 Å². The van der Waals surface area contributed by atoms with Crippen LogP contribution < -0.4 is 4.90 Å². The molecule has 1 N–H and O–H groups in total. The average Bonchev–Trinajstić information content (AvgIpc) is 3.02. The molecule has 3 rings (SSSR count). The van der Waals surface area contributed by atoms with Crippen molar-refractivity contribution in [1.29, 1.82) is 0 Å². The highest BCUT2D eigenvalue weighted by atomic mass is 127. The lowest BCUT2D eigenvalue weighted by Crippen LogP contribution is -2.27. The number of halogens is 1. The molecule has 104 valence electrons. The first-order valence-corrected chi connectivity index (χ1v) is 6.92. The number of carbonyl (C=O) groups is 2. The molecule has 1 saturated heterocycles. The molecule has 1 aliphatic heterocycles. The number of H-pyrrole nitrogens is 1. The van der Waals surface area contributed by atoms with Gasteiger partial charge in [-0.3, -0.25) is 19.6 Å². The molecule has 9 heteroatoms. The highest BCUT2D eigenvalue weighted by molar-refractivity contribution is 14.1. The van der Waals surface area contributed by atoms with Crippen molar-refractivity contribution in [3.8, 4) is 0 Å². The van der Waals surface area contributed by atoms with Gasteiger partial charge in [-0.25, -0.2) is 9.97 Å². The molecule has 3 heterocycles. The van der Waals surface area contributed by atoms with Gasteiger partial charge in [-0.15, -0.1) is 0 Å². The quantitative estimate of drug-likeness (QED) is 0.595. The van der Waals surface area contributed by atoms with E-state index >= 15 is 0 Å². The molecular formula is C11H10IN5O3. The number of ether oxygens (including phenoxy) is 1. The van der Waals surface area contributed by atoms with Gasteiger partial charge >= 0.3 is 5.97 Å². The van der Waals surface area contributed by atoms with Crippen molar-refractivity contribution in [2.24, 2.45) is 5.92 Å². The Hall–Kier alpha value is -1.78. The summed E-state index contributed by atoms with van der Waals surface area (Å²) in [4.78, 5) is 33.4. The smallest absolute Gasteiger partial charge is 0.311 e. The van der Waals surface area contributed by atoms with Crippen LogP contribution in [0, 0.1) is 9.62 Å². The first-order chi connectivity index (χ1) is 9.61. The number of hydrogen-bond acceptors (Lipinski definition) is 6. The number of amides is 1. The molecule has 0 aromatic carbocycles. The van der Waals surface area contributed by atoms with Crippen molar-refractivity contribution < 1.29 is 14.3 Å². The summed E-state index contributed by atoms with van der Waals surface area (Å²) < 4.78 is 5.44. The zero-order chi connectivity index (χ0) is 14.3. The van der Waals surface area contributed by atoms with Gasteiger partial charge in [0.05, 0.1) is 18.4 Å². The summed E-state index contributed by atoms with van der Waals surface area (Å²) in [7, 11) is 1.32. The van der Waals surface area contributed by atoms with Crippen molar-refractivity contribution in [2.45, 2.75) is 6.42 Å². The van der Waals surface area contributed by atoms with Crippen molar-refractivity contribution in [2.75, 3.05) is 18.6 Å². The minimum absolute atomic E-state index is 0.132. The molecular weight excluding hydrogens is 377 g/mol. The van der Waals surface area contributed by atoms with E-state index in [2.05, 4.69) is 42.8 Å². The van der Waals surface area contributed by atoms with Crippen LogP contribution >= 0.6 is 22.6 Å². The first kappa shape index (κ1) is 13.2. The second-order valence-electron chi connectivity index (χ2n) is 4.36. The molecule has 0 saturated carbocycles. The average molecular weight is 387 g/mol. The van der Waals surface area contributed by atoms with E-state index in [4.69, 9.17) is 4.74 Å². The second kappa shape index (κ2) is 4.96. The highest BCUT2D eigenvalue weighted by Gasteiger charge is 2.37. The third kappa shape index (κ3) is 2.01. The lowest BCUT2D eigenvalue weighted by molar-refractivity contribution is -0.145. The Morgan fingerprint density at radius 2 is 2.35 bits per heavy atom. The molecule has 8 nitrogen and oxygen atoms in total. The summed E-state index contributed by atoms with van der Waals surface area (Å²) in [6.07, 6.45) is 1.49. The summed E-state index contributed by atoms with van der Waals surface area (Å²) >= 11 is 2.07. The van der Waals surface area contributed by atoms with Crippen LogP contribution in [-0.4, -0.2) is 45.7 Å². The minimum atomic E-state index is -0.456. The number of carbonyl (C=O) groups excluding carboxylic acids is 2. The molecule has 0 bridgehead atoms. The van der Waals surface area contributed by atoms with E-state index in [-0.39, 0.29) is 24.8 Å². The van der Waals surface area contributed by atoms with Crippen LogP contribution in [0.1, 0.15) is 6.42 Å². The number of anilines is 1. The number of aromatic nitrogens is 4. The van der Waals surface area contributed by atoms with E-state index in [0.29, 0.717) is 16.9 Å². The summed E-state index contributed by atoms with van der Waals surface area (Å²) in [5.41, 5.74) is 0.494. The Bertz CT molecular complexity index is 700. The van der Waals surface area contributed by atoms with Gasteiger partial charge in [0.25, 0.3) is 0 Å². The standard InChI is InChI=1S/C11H10IN5O3/c1-20-11(19)5-2-6(18)17(3-5)10-7-8(12)15-16-9(7)13-4-14-10/h4-5H,2-3H2,1H3,(H,13,14,15,16). The first-order valence-electron chi connectivity index (χ1n) is 5.84. The van der Waals surface area contributed by atoms with Crippen LogP contribution in [0.4, 0.5) is 5.82 Å². The number of fused-ring (bicyclic) bond motifs is 1. The van der Waals surface area contributed by atoms with E-state index in [1.807, 2.05) is 0 Å². The number of aromatic amines is 1. The van der Waals surface area contributed by atoms with Gasteiger partial charge in [-0.1, -0.05) is 0 Å². The summed E-state index contributed by atoms with van der Waals surface area (Å²) in [6.45, 7) is 0.263. The molecule has 1 unspecified atom stereocenters. The van der Waals surface area contributed by atoms with Gasteiger partial charge in [-0.05, 0) is 22.6 Å². The molecule has 2 aromatic rings. The van der Waals surface area contributed by atoms with Crippen LogP contribution in [0.5, 0.6) is 0 Å². The Balaban J connectivity index is 2.01. The zero-order valence-electron chi connectivity index (χ0n) is 10.5. The summed E-state index contributed by atoms with van der Waals surface area (Å²) in [5, 5.41) is 7.52. The highest BCUT2D eigenvalue weighted by Crippen LogP contribution is 2.30. The fourth-order valence-electron chi connectivity index (χ4n) is 2.25. The largest absolute Gasteiger partial charge is 0.469 e. The normalized spacial score (nSPS) is 18.8. The lowest BCUT2D eigenvalue weighted by Gasteiger charge is -2.15. The van der Waals surface area contributed by atoms with Crippen molar-refractivity contribution in [1.82, 2.24) is 20.2 Å². The molecule has 0 spiro atoms. The van der Waals surface area contributed by atoms with Crippen molar-refractivity contribution >= 4 is 51.3 Å². The van der Waals surface area contributed by atoms with Crippen LogP contribution in [0.3, 0.4) is 0 Å². The number of nitrogens with one attached hydrogen (secondary N) is 1. The molecule has 2 aromatic heterocycles. The van der Waals surface area contributed by atoms with Gasteiger partial charge in [0.15, 0.2) is 11.5 Å². The maximum Gasteiger partial charge on any atom is 0.311 e. The summed E-state index contributed by atoms with van der Waals surface area (Å²) in [6, 6.07) is 0. The fraction of sp³-hybridized carbons (Fsp3) is 0.364. The zero-order valence-corrected chi connectivity index (χ0v) is 12.6. The third-order valence-electron chi connectivity index (χ3n) is 3.20. The Labute approximate surface area is 127 Å². The van der Waals surface area contributed by atoms with Crippen LogP contribution in [0.25, 0.3) is 11.0 Å². The summed E-state index contributed by atoms with van der Waals surface area (Å²) in [5.74, 6) is -0.517. The van der Waals surface area contributed by atoms with Crippen LogP contribution in [0.2, 0.25) is 0 Å². The van der Waals surface area contributed by atoms with Gasteiger partial charge in [-0.2, -0.15) is 5.10 Å². The molecule has 1 fully saturated rings. The predicted octanol–water partition coefficient (Wildman–Crippen LogP) is 0.483.